The molecule has 0 unspecified atom stereocenters. The summed E-state index contributed by atoms with van der Waals surface area (Å²) in [7, 11) is 0. The average molecular weight is 447 g/mol. The van der Waals surface area contributed by atoms with Crippen LogP contribution in [0.1, 0.15) is 108 Å². The van der Waals surface area contributed by atoms with Crippen LogP contribution in [0.2, 0.25) is 0 Å². The third kappa shape index (κ3) is 5.73. The van der Waals surface area contributed by atoms with Crippen LogP contribution in [0.3, 0.4) is 0 Å². The number of hydrogen-bond acceptors (Lipinski definition) is 1. The predicted molar refractivity (Wildman–Crippen MR) is 112 cm³/mol. The van der Waals surface area contributed by atoms with Gasteiger partial charge in [0, 0.05) is 0 Å². The van der Waals surface area contributed by atoms with E-state index in [4.69, 9.17) is 4.74 Å². The molecular weight excluding hydrogens is 411 g/mol. The molecule has 2 saturated carbocycles. The van der Waals surface area contributed by atoms with Crippen molar-refractivity contribution in [2.75, 3.05) is 0 Å². The summed E-state index contributed by atoms with van der Waals surface area (Å²) >= 11 is 0. The second-order valence-corrected chi connectivity index (χ2v) is 9.48. The molecule has 0 spiro atoms. The third-order valence-corrected chi connectivity index (χ3v) is 7.52. The first-order valence-electron chi connectivity index (χ1n) is 11.9. The van der Waals surface area contributed by atoms with Gasteiger partial charge in [0.15, 0.2) is 0 Å². The Hall–Kier alpha value is -1.33. The van der Waals surface area contributed by atoms with E-state index in [1.54, 1.807) is 0 Å². The van der Waals surface area contributed by atoms with Gasteiger partial charge in [0.1, 0.15) is 11.6 Å². The number of hydrogen-bond donors (Lipinski definition) is 0. The monoisotopic (exact) mass is 446 g/mol. The summed E-state index contributed by atoms with van der Waals surface area (Å²) in [6, 6.07) is 2.50. The first-order chi connectivity index (χ1) is 14.8. The summed E-state index contributed by atoms with van der Waals surface area (Å²) in [4.78, 5) is 0. The van der Waals surface area contributed by atoms with Crippen molar-refractivity contribution in [3.63, 3.8) is 0 Å². The quantitative estimate of drug-likeness (QED) is 0.362. The average Bonchev–Trinajstić information content (AvgIpc) is 2.74. The van der Waals surface area contributed by atoms with Crippen molar-refractivity contribution >= 4 is 0 Å². The van der Waals surface area contributed by atoms with Crippen molar-refractivity contribution in [3.05, 3.63) is 29.1 Å². The minimum atomic E-state index is -3.59. The molecule has 3 rings (SSSR count). The summed E-state index contributed by atoms with van der Waals surface area (Å²) in [5.41, 5.74) is -0.810. The molecule has 1 nitrogen and oxygen atoms in total. The van der Waals surface area contributed by atoms with E-state index in [1.165, 1.54) is 6.07 Å². The molecule has 0 N–H and O–H groups in total. The second kappa shape index (κ2) is 10.5. The summed E-state index contributed by atoms with van der Waals surface area (Å²) < 4.78 is 77.1. The van der Waals surface area contributed by atoms with Crippen LogP contribution in [-0.2, 0) is 0 Å². The van der Waals surface area contributed by atoms with E-state index >= 15 is 4.39 Å². The van der Waals surface area contributed by atoms with Crippen LogP contribution < -0.4 is 4.74 Å². The molecule has 0 atom stereocenters. The van der Waals surface area contributed by atoms with Gasteiger partial charge in [0.05, 0.1) is 11.5 Å². The fourth-order valence-electron chi connectivity index (χ4n) is 5.51. The zero-order chi connectivity index (χ0) is 22.6. The van der Waals surface area contributed by atoms with Crippen molar-refractivity contribution in [2.45, 2.75) is 103 Å². The molecule has 31 heavy (non-hydrogen) atoms. The number of rotatable bonds is 8. The van der Waals surface area contributed by atoms with E-state index < -0.39 is 35.6 Å². The molecule has 0 saturated heterocycles. The van der Waals surface area contributed by atoms with Gasteiger partial charge in [-0.05, 0) is 80.8 Å². The molecule has 0 aliphatic heterocycles. The van der Waals surface area contributed by atoms with Gasteiger partial charge in [-0.3, -0.25) is 0 Å². The molecule has 2 fully saturated rings. The molecular formula is C25H35F5O. The molecule has 0 aromatic heterocycles. The minimum absolute atomic E-state index is 0.149. The van der Waals surface area contributed by atoms with Crippen LogP contribution in [-0.4, -0.2) is 6.11 Å². The highest BCUT2D eigenvalue weighted by atomic mass is 19.3. The van der Waals surface area contributed by atoms with Crippen LogP contribution in [0.4, 0.5) is 22.0 Å². The lowest BCUT2D eigenvalue weighted by molar-refractivity contribution is -0.224. The van der Waals surface area contributed by atoms with Crippen LogP contribution in [0.25, 0.3) is 0 Å². The number of ether oxygens (including phenoxy) is 1. The standard InChI is InChI=1S/C25H35F5O/c1-3-5-17-8-12-19(13-9-17)25(29,30)31-21-15-14-20(23(26)22(21)24(27)28)18-10-6-16(4-2)7-11-18/h14-19,24H,3-13H2,1-2H3. The molecule has 0 radical (unpaired) electrons. The van der Waals surface area contributed by atoms with E-state index in [-0.39, 0.29) is 11.5 Å². The maximum absolute atomic E-state index is 15.1. The van der Waals surface area contributed by atoms with Crippen LogP contribution >= 0.6 is 0 Å². The van der Waals surface area contributed by atoms with Crippen molar-refractivity contribution in [2.24, 2.45) is 17.8 Å². The molecule has 1 aromatic carbocycles. The summed E-state index contributed by atoms with van der Waals surface area (Å²) in [6.07, 6.45) is 1.58. The zero-order valence-corrected chi connectivity index (χ0v) is 18.6. The van der Waals surface area contributed by atoms with Gasteiger partial charge >= 0.3 is 6.11 Å². The van der Waals surface area contributed by atoms with Gasteiger partial charge in [-0.25, -0.2) is 13.2 Å². The minimum Gasteiger partial charge on any atom is -0.432 e. The van der Waals surface area contributed by atoms with Gasteiger partial charge in [-0.15, -0.1) is 0 Å². The topological polar surface area (TPSA) is 9.23 Å². The largest absolute Gasteiger partial charge is 0.432 e. The van der Waals surface area contributed by atoms with Crippen LogP contribution in [0.5, 0.6) is 5.75 Å². The lowest BCUT2D eigenvalue weighted by atomic mass is 9.77. The molecule has 2 aliphatic carbocycles. The maximum Gasteiger partial charge on any atom is 0.400 e. The summed E-state index contributed by atoms with van der Waals surface area (Å²) in [5.74, 6) is -1.95. The van der Waals surface area contributed by atoms with E-state index in [0.29, 0.717) is 37.5 Å². The summed E-state index contributed by atoms with van der Waals surface area (Å²) in [5, 5.41) is 0. The van der Waals surface area contributed by atoms with Gasteiger partial charge in [-0.2, -0.15) is 8.78 Å². The SMILES string of the molecule is CCCC1CCC(C(F)(F)Oc2ccc(C3CCC(CC)CC3)c(F)c2C(F)F)CC1. The molecule has 176 valence electrons. The lowest BCUT2D eigenvalue weighted by Gasteiger charge is -2.34. The number of halogens is 5. The van der Waals surface area contributed by atoms with E-state index in [9.17, 15) is 17.6 Å². The van der Waals surface area contributed by atoms with Gasteiger partial charge in [0.2, 0.25) is 0 Å². The molecule has 6 heteroatoms. The Kier molecular flexibility index (Phi) is 8.25. The number of benzene rings is 1. The summed E-state index contributed by atoms with van der Waals surface area (Å²) in [6.45, 7) is 4.19. The third-order valence-electron chi connectivity index (χ3n) is 7.52. The molecule has 2 aliphatic rings. The molecule has 0 heterocycles. The Morgan fingerprint density at radius 3 is 2.10 bits per heavy atom. The maximum atomic E-state index is 15.1. The smallest absolute Gasteiger partial charge is 0.400 e. The lowest BCUT2D eigenvalue weighted by Crippen LogP contribution is -2.37. The number of alkyl halides is 4. The fraction of sp³-hybridized carbons (Fsp3) is 0.760. The Balaban J connectivity index is 1.76. The highest BCUT2D eigenvalue weighted by Gasteiger charge is 2.45. The fourth-order valence-corrected chi connectivity index (χ4v) is 5.51. The van der Waals surface area contributed by atoms with E-state index in [0.717, 1.165) is 51.0 Å². The Labute approximate surface area is 182 Å². The molecule has 0 bridgehead atoms. The molecule has 0 amide bonds. The van der Waals surface area contributed by atoms with Crippen molar-refractivity contribution in [1.29, 1.82) is 0 Å². The Morgan fingerprint density at radius 2 is 1.55 bits per heavy atom. The van der Waals surface area contributed by atoms with Gasteiger partial charge in [0.25, 0.3) is 6.43 Å². The Morgan fingerprint density at radius 1 is 0.935 bits per heavy atom. The molecule has 1 aromatic rings. The van der Waals surface area contributed by atoms with E-state index in [1.807, 2.05) is 0 Å². The van der Waals surface area contributed by atoms with Gasteiger partial charge in [-0.1, -0.05) is 39.2 Å². The highest BCUT2D eigenvalue weighted by Crippen LogP contribution is 2.45. The van der Waals surface area contributed by atoms with Crippen molar-refractivity contribution < 1.29 is 26.7 Å². The normalized spacial score (nSPS) is 27.5. The van der Waals surface area contributed by atoms with Crippen molar-refractivity contribution in [3.8, 4) is 5.75 Å². The second-order valence-electron chi connectivity index (χ2n) is 9.48. The van der Waals surface area contributed by atoms with Crippen LogP contribution in [0.15, 0.2) is 12.1 Å². The Bertz CT molecular complexity index is 704. The predicted octanol–water partition coefficient (Wildman–Crippen LogP) is 9.03. The van der Waals surface area contributed by atoms with Crippen molar-refractivity contribution in [1.82, 2.24) is 0 Å². The van der Waals surface area contributed by atoms with Crippen LogP contribution in [0, 0.1) is 23.6 Å². The zero-order valence-electron chi connectivity index (χ0n) is 18.6. The highest BCUT2D eigenvalue weighted by molar-refractivity contribution is 5.41. The first kappa shape index (κ1) is 24.3. The van der Waals surface area contributed by atoms with E-state index in [2.05, 4.69) is 13.8 Å². The first-order valence-corrected chi connectivity index (χ1v) is 11.9. The van der Waals surface area contributed by atoms with Gasteiger partial charge < -0.3 is 4.74 Å².